The molecule has 2 aliphatic rings. The minimum atomic E-state index is -0.299. The quantitative estimate of drug-likeness (QED) is 0.311. The number of amides is 2. The molecule has 196 valence electrons. The molecule has 7 rings (SSSR count). The van der Waals surface area contributed by atoms with Crippen LogP contribution in [0.3, 0.4) is 0 Å². The number of anilines is 1. The average molecular weight is 517 g/mol. The predicted molar refractivity (Wildman–Crippen MR) is 155 cm³/mol. The normalized spacial score (nSPS) is 19.3. The first-order chi connectivity index (χ1) is 19.0. The lowest BCUT2D eigenvalue weighted by Gasteiger charge is -2.43. The van der Waals surface area contributed by atoms with E-state index in [1.807, 2.05) is 36.1 Å². The summed E-state index contributed by atoms with van der Waals surface area (Å²) in [5, 5.41) is 2.47. The number of likely N-dealkylation sites (tertiary alicyclic amines) is 1. The Kier molecular flexibility index (Phi) is 5.58. The van der Waals surface area contributed by atoms with Crippen LogP contribution in [0, 0.1) is 12.8 Å². The maximum atomic E-state index is 13.7. The minimum absolute atomic E-state index is 0.0288. The number of fused-ring (bicyclic) bond motifs is 2. The SMILES string of the molecule is Cc1ccc(N2C[C@H](C(=O)N3CCC(c4c[nH]c5ccccc45)(c4c[nH]c5ccccc45)CC3)CC2=O)cc1. The minimum Gasteiger partial charge on any atom is -0.361 e. The van der Waals surface area contributed by atoms with Crippen molar-refractivity contribution in [3.63, 3.8) is 0 Å². The number of hydrogen-bond acceptors (Lipinski definition) is 2. The Morgan fingerprint density at radius 3 is 1.97 bits per heavy atom. The van der Waals surface area contributed by atoms with Crippen LogP contribution in [0.4, 0.5) is 5.69 Å². The lowest BCUT2D eigenvalue weighted by molar-refractivity contribution is -0.137. The monoisotopic (exact) mass is 516 g/mol. The third kappa shape index (κ3) is 3.85. The fourth-order valence-corrected chi connectivity index (χ4v) is 6.83. The zero-order chi connectivity index (χ0) is 26.6. The Bertz CT molecular complexity index is 1610. The zero-order valence-electron chi connectivity index (χ0n) is 22.1. The highest BCUT2D eigenvalue weighted by Gasteiger charge is 2.44. The number of rotatable bonds is 4. The van der Waals surface area contributed by atoms with E-state index in [1.54, 1.807) is 4.90 Å². The molecule has 2 fully saturated rings. The molecule has 1 atom stereocenters. The van der Waals surface area contributed by atoms with E-state index in [9.17, 15) is 9.59 Å². The zero-order valence-corrected chi connectivity index (χ0v) is 22.1. The Morgan fingerprint density at radius 1 is 0.821 bits per heavy atom. The van der Waals surface area contributed by atoms with Crippen molar-refractivity contribution in [2.45, 2.75) is 31.6 Å². The molecule has 0 aliphatic carbocycles. The maximum absolute atomic E-state index is 13.7. The second-order valence-electron chi connectivity index (χ2n) is 11.1. The second-order valence-corrected chi connectivity index (χ2v) is 11.1. The number of carbonyl (C=O) groups excluding carboxylic acids is 2. The summed E-state index contributed by atoms with van der Waals surface area (Å²) in [5.74, 6) is -0.168. The number of H-pyrrole nitrogens is 2. The summed E-state index contributed by atoms with van der Waals surface area (Å²) in [4.78, 5) is 37.3. The van der Waals surface area contributed by atoms with Crippen molar-refractivity contribution in [1.29, 1.82) is 0 Å². The van der Waals surface area contributed by atoms with Gasteiger partial charge in [-0.2, -0.15) is 0 Å². The van der Waals surface area contributed by atoms with Crippen LogP contribution in [-0.4, -0.2) is 46.3 Å². The number of nitrogens with one attached hydrogen (secondary N) is 2. The van der Waals surface area contributed by atoms with E-state index < -0.39 is 0 Å². The summed E-state index contributed by atoms with van der Waals surface area (Å²) in [7, 11) is 0. The molecule has 2 amide bonds. The molecule has 2 N–H and O–H groups in total. The first-order valence-corrected chi connectivity index (χ1v) is 13.8. The maximum Gasteiger partial charge on any atom is 0.228 e. The first-order valence-electron chi connectivity index (χ1n) is 13.8. The lowest BCUT2D eigenvalue weighted by Crippen LogP contribution is -2.47. The molecule has 2 saturated heterocycles. The van der Waals surface area contributed by atoms with Gasteiger partial charge in [0, 0.05) is 71.4 Å². The van der Waals surface area contributed by atoms with E-state index in [1.165, 1.54) is 21.9 Å². The van der Waals surface area contributed by atoms with Gasteiger partial charge in [-0.25, -0.2) is 0 Å². The van der Waals surface area contributed by atoms with Crippen molar-refractivity contribution in [3.8, 4) is 0 Å². The van der Waals surface area contributed by atoms with Gasteiger partial charge in [0.15, 0.2) is 0 Å². The number of aryl methyl sites for hydroxylation is 1. The smallest absolute Gasteiger partial charge is 0.228 e. The Labute approximate surface area is 227 Å². The highest BCUT2D eigenvalue weighted by molar-refractivity contribution is 6.00. The summed E-state index contributed by atoms with van der Waals surface area (Å²) in [5.41, 5.74) is 6.64. The van der Waals surface area contributed by atoms with Crippen molar-refractivity contribution >= 4 is 39.3 Å². The van der Waals surface area contributed by atoms with Crippen LogP contribution in [-0.2, 0) is 15.0 Å². The topological polar surface area (TPSA) is 72.2 Å². The van der Waals surface area contributed by atoms with E-state index in [4.69, 9.17) is 0 Å². The van der Waals surface area contributed by atoms with Gasteiger partial charge in [0.2, 0.25) is 11.8 Å². The highest BCUT2D eigenvalue weighted by atomic mass is 16.2. The summed E-state index contributed by atoms with van der Waals surface area (Å²) in [6.45, 7) is 3.80. The van der Waals surface area contributed by atoms with Gasteiger partial charge in [0.05, 0.1) is 5.92 Å². The first kappa shape index (κ1) is 23.8. The molecule has 5 aromatic rings. The van der Waals surface area contributed by atoms with Crippen LogP contribution in [0.1, 0.15) is 36.0 Å². The second kappa shape index (κ2) is 9.16. The van der Waals surface area contributed by atoms with Crippen molar-refractivity contribution in [2.24, 2.45) is 5.92 Å². The molecular formula is C33H32N4O2. The van der Waals surface area contributed by atoms with Crippen LogP contribution in [0.5, 0.6) is 0 Å². The van der Waals surface area contributed by atoms with Crippen LogP contribution >= 0.6 is 0 Å². The predicted octanol–water partition coefficient (Wildman–Crippen LogP) is 5.92. The van der Waals surface area contributed by atoms with Crippen LogP contribution in [0.15, 0.2) is 85.2 Å². The average Bonchev–Trinajstić information content (AvgIpc) is 3.70. The molecule has 0 radical (unpaired) electrons. The molecule has 39 heavy (non-hydrogen) atoms. The van der Waals surface area contributed by atoms with E-state index in [0.29, 0.717) is 19.6 Å². The standard InChI is InChI=1S/C33H32N4O2/c1-22-10-12-24(13-11-22)37-21-23(18-31(37)38)32(39)36-16-14-33(15-17-36,27-19-34-29-8-4-2-6-25(27)29)28-20-35-30-9-5-3-7-26(28)30/h2-13,19-20,23,34-35H,14-18,21H2,1H3/t23-/m1/s1. The van der Waals surface area contributed by atoms with Crippen molar-refractivity contribution < 1.29 is 9.59 Å². The molecular weight excluding hydrogens is 484 g/mol. The Balaban J connectivity index is 1.18. The molecule has 4 heterocycles. The fourth-order valence-electron chi connectivity index (χ4n) is 6.83. The summed E-state index contributed by atoms with van der Waals surface area (Å²) in [6.07, 6.45) is 6.26. The summed E-state index contributed by atoms with van der Waals surface area (Å²) in [6, 6.07) is 24.9. The van der Waals surface area contributed by atoms with Crippen LogP contribution in [0.2, 0.25) is 0 Å². The number of aromatic nitrogens is 2. The van der Waals surface area contributed by atoms with Crippen molar-refractivity contribution in [2.75, 3.05) is 24.5 Å². The number of hydrogen-bond donors (Lipinski definition) is 2. The van der Waals surface area contributed by atoms with Gasteiger partial charge >= 0.3 is 0 Å². The number of benzene rings is 3. The summed E-state index contributed by atoms with van der Waals surface area (Å²) >= 11 is 0. The van der Waals surface area contributed by atoms with Gasteiger partial charge in [-0.15, -0.1) is 0 Å². The summed E-state index contributed by atoms with van der Waals surface area (Å²) < 4.78 is 0. The Hall–Kier alpha value is -4.32. The number of carbonyl (C=O) groups is 2. The third-order valence-corrected chi connectivity index (χ3v) is 8.96. The molecule has 3 aromatic carbocycles. The molecule has 0 unspecified atom stereocenters. The van der Waals surface area contributed by atoms with Gasteiger partial charge in [-0.05, 0) is 55.2 Å². The van der Waals surface area contributed by atoms with E-state index in [2.05, 4.69) is 70.9 Å². The molecule has 0 saturated carbocycles. The third-order valence-electron chi connectivity index (χ3n) is 8.96. The van der Waals surface area contributed by atoms with Gasteiger partial charge < -0.3 is 19.8 Å². The number of nitrogens with zero attached hydrogens (tertiary/aromatic N) is 2. The van der Waals surface area contributed by atoms with E-state index >= 15 is 0 Å². The fraction of sp³-hybridized carbons (Fsp3) is 0.273. The number of aromatic amines is 2. The van der Waals surface area contributed by atoms with Crippen molar-refractivity contribution in [1.82, 2.24) is 14.9 Å². The Morgan fingerprint density at radius 2 is 1.38 bits per heavy atom. The highest BCUT2D eigenvalue weighted by Crippen LogP contribution is 2.47. The van der Waals surface area contributed by atoms with E-state index in [-0.39, 0.29) is 29.6 Å². The molecule has 6 heteroatoms. The van der Waals surface area contributed by atoms with Gasteiger partial charge in [-0.3, -0.25) is 9.59 Å². The lowest BCUT2D eigenvalue weighted by atomic mass is 9.67. The van der Waals surface area contributed by atoms with Gasteiger partial charge in [0.25, 0.3) is 0 Å². The van der Waals surface area contributed by atoms with Gasteiger partial charge in [-0.1, -0.05) is 54.1 Å². The van der Waals surface area contributed by atoms with Crippen molar-refractivity contribution in [3.05, 3.63) is 102 Å². The molecule has 6 nitrogen and oxygen atoms in total. The van der Waals surface area contributed by atoms with Gasteiger partial charge in [0.1, 0.15) is 0 Å². The molecule has 2 aliphatic heterocycles. The molecule has 0 bridgehead atoms. The van der Waals surface area contributed by atoms with Crippen LogP contribution < -0.4 is 4.90 Å². The number of piperidine rings is 1. The van der Waals surface area contributed by atoms with E-state index in [0.717, 1.165) is 35.1 Å². The number of para-hydroxylation sites is 2. The van der Waals surface area contributed by atoms with Crippen LogP contribution in [0.25, 0.3) is 21.8 Å². The molecule has 0 spiro atoms. The largest absolute Gasteiger partial charge is 0.361 e. The molecule has 2 aromatic heterocycles.